The molecule has 4 N–H and O–H groups in total. The Labute approximate surface area is 198 Å². The van der Waals surface area contributed by atoms with E-state index in [0.29, 0.717) is 23.2 Å². The lowest BCUT2D eigenvalue weighted by Gasteiger charge is -2.47. The molecule has 0 spiro atoms. The molecule has 0 bridgehead atoms. The van der Waals surface area contributed by atoms with Crippen LogP contribution in [-0.2, 0) is 0 Å². The summed E-state index contributed by atoms with van der Waals surface area (Å²) in [4.78, 5) is 11.1. The van der Waals surface area contributed by atoms with Crippen LogP contribution in [0, 0.1) is 16.8 Å². The van der Waals surface area contributed by atoms with Gasteiger partial charge in [0.05, 0.1) is 19.0 Å². The van der Waals surface area contributed by atoms with Gasteiger partial charge in [-0.1, -0.05) is 5.22 Å². The maximum atomic E-state index is 14.6. The smallest absolute Gasteiger partial charge is 0.229 e. The Morgan fingerprint density at radius 1 is 1.35 bits per heavy atom. The average Bonchev–Trinajstić information content (AvgIpc) is 3.25. The fraction of sp³-hybridized carbons (Fsp3) is 0.522. The van der Waals surface area contributed by atoms with Gasteiger partial charge in [0, 0.05) is 35.4 Å². The minimum atomic E-state index is -0.498. The summed E-state index contributed by atoms with van der Waals surface area (Å²) in [6, 6.07) is 5.72. The highest BCUT2D eigenvalue weighted by molar-refractivity contribution is 5.93. The third-order valence-corrected chi connectivity index (χ3v) is 6.59. The Kier molecular flexibility index (Phi) is 6.65. The zero-order chi connectivity index (χ0) is 24.5. The number of nitrogens with one attached hydrogen (secondary N) is 4. The number of hydrogen-bond acceptors (Lipinski definition) is 9. The van der Waals surface area contributed by atoms with Crippen molar-refractivity contribution >= 4 is 29.0 Å². The number of anilines is 4. The molecule has 2 aliphatic heterocycles. The molecular weight excluding hydrogens is 437 g/mol. The second kappa shape index (κ2) is 9.49. The van der Waals surface area contributed by atoms with Gasteiger partial charge in [0.2, 0.25) is 5.95 Å². The average molecular weight is 470 g/mol. The van der Waals surface area contributed by atoms with Gasteiger partial charge in [-0.15, -0.1) is 0 Å². The van der Waals surface area contributed by atoms with Crippen LogP contribution in [0.1, 0.15) is 46.5 Å². The molecule has 0 radical (unpaired) electrons. The Hall–Kier alpha value is -3.34. The molecule has 3 heterocycles. The first-order valence-corrected chi connectivity index (χ1v) is 11.4. The molecule has 11 heteroatoms. The number of rotatable bonds is 7. The van der Waals surface area contributed by atoms with Gasteiger partial charge in [0.1, 0.15) is 11.6 Å². The van der Waals surface area contributed by atoms with Crippen LogP contribution in [0.25, 0.3) is 0 Å². The molecule has 1 aromatic carbocycles. The summed E-state index contributed by atoms with van der Waals surface area (Å²) in [5, 5.41) is 18.8. The summed E-state index contributed by atoms with van der Waals surface area (Å²) in [5.74, 6) is 0.477. The van der Waals surface area contributed by atoms with Crippen molar-refractivity contribution in [3.63, 3.8) is 0 Å². The number of halogens is 1. The highest BCUT2D eigenvalue weighted by Crippen LogP contribution is 2.38. The second-order valence-corrected chi connectivity index (χ2v) is 9.52. The van der Waals surface area contributed by atoms with Gasteiger partial charge < -0.3 is 15.4 Å². The molecule has 34 heavy (non-hydrogen) atoms. The molecule has 0 amide bonds. The fourth-order valence-corrected chi connectivity index (χ4v) is 5.19. The third kappa shape index (κ3) is 4.93. The minimum absolute atomic E-state index is 0.0560. The van der Waals surface area contributed by atoms with Crippen LogP contribution in [0.4, 0.5) is 27.5 Å². The number of piperidine rings is 1. The SMILES string of the molecule is COc1cc(Nc2ncc(F)c(NC3CC4CCCN4C(C)(C)C3)n2)cc(N(N=N)C(C)=N)c1. The predicted molar refractivity (Wildman–Crippen MR) is 130 cm³/mol. The fourth-order valence-electron chi connectivity index (χ4n) is 5.19. The molecule has 1 aromatic heterocycles. The Bertz CT molecular complexity index is 1080. The van der Waals surface area contributed by atoms with Crippen molar-refractivity contribution < 1.29 is 9.13 Å². The maximum absolute atomic E-state index is 14.6. The molecule has 2 aliphatic rings. The van der Waals surface area contributed by atoms with Gasteiger partial charge in [-0.2, -0.15) is 10.5 Å². The van der Waals surface area contributed by atoms with Gasteiger partial charge in [0.15, 0.2) is 11.6 Å². The van der Waals surface area contributed by atoms with Crippen molar-refractivity contribution in [3.05, 3.63) is 30.2 Å². The van der Waals surface area contributed by atoms with Crippen LogP contribution in [0.2, 0.25) is 0 Å². The van der Waals surface area contributed by atoms with Crippen LogP contribution >= 0.6 is 0 Å². The lowest BCUT2D eigenvalue weighted by molar-refractivity contribution is 0.0500. The van der Waals surface area contributed by atoms with Crippen molar-refractivity contribution in [1.82, 2.24) is 14.9 Å². The Morgan fingerprint density at radius 3 is 2.85 bits per heavy atom. The van der Waals surface area contributed by atoms with Crippen molar-refractivity contribution in [2.45, 2.75) is 64.1 Å². The molecule has 2 atom stereocenters. The van der Waals surface area contributed by atoms with Gasteiger partial charge in [-0.25, -0.2) is 14.4 Å². The zero-order valence-electron chi connectivity index (χ0n) is 20.0. The van der Waals surface area contributed by atoms with E-state index in [2.05, 4.69) is 44.6 Å². The van der Waals surface area contributed by atoms with E-state index in [9.17, 15) is 4.39 Å². The molecule has 2 aromatic rings. The van der Waals surface area contributed by atoms with Crippen molar-refractivity contribution in [2.75, 3.05) is 29.3 Å². The lowest BCUT2D eigenvalue weighted by atomic mass is 9.84. The van der Waals surface area contributed by atoms with E-state index in [-0.39, 0.29) is 29.2 Å². The summed E-state index contributed by atoms with van der Waals surface area (Å²) in [6.07, 6.45) is 5.41. The Balaban J connectivity index is 1.55. The maximum Gasteiger partial charge on any atom is 0.229 e. The standard InChI is InChI=1S/C23H32FN9O/c1-14(25)33(31-26)18-8-15(10-19(11-18)34-4)29-22-27-13-20(24)21(30-22)28-16-9-17-6-5-7-32(17)23(2,3)12-16/h8,10-11,13,16-17,25-26H,5-7,9,12H2,1-4H3,(H2,27,28,29,30). The van der Waals surface area contributed by atoms with Gasteiger partial charge in [-0.05, 0) is 59.1 Å². The van der Waals surface area contributed by atoms with Crippen LogP contribution in [-0.4, -0.2) is 52.0 Å². The van der Waals surface area contributed by atoms with Crippen molar-refractivity contribution in [3.8, 4) is 5.75 Å². The summed E-state index contributed by atoms with van der Waals surface area (Å²) in [6.45, 7) is 7.17. The molecule has 4 rings (SSSR count). The first kappa shape index (κ1) is 23.8. The summed E-state index contributed by atoms with van der Waals surface area (Å²) >= 11 is 0. The van der Waals surface area contributed by atoms with Crippen molar-refractivity contribution in [1.29, 1.82) is 10.9 Å². The highest BCUT2D eigenvalue weighted by Gasteiger charge is 2.43. The Morgan fingerprint density at radius 2 is 2.15 bits per heavy atom. The molecule has 0 saturated carbocycles. The van der Waals surface area contributed by atoms with E-state index in [0.717, 1.165) is 30.6 Å². The van der Waals surface area contributed by atoms with Gasteiger partial charge in [0.25, 0.3) is 0 Å². The van der Waals surface area contributed by atoms with Crippen LogP contribution in [0.15, 0.2) is 29.6 Å². The van der Waals surface area contributed by atoms with Crippen molar-refractivity contribution in [2.24, 2.45) is 5.22 Å². The topological polar surface area (TPSA) is 126 Å². The number of nitrogens with zero attached hydrogens (tertiary/aromatic N) is 5. The monoisotopic (exact) mass is 469 g/mol. The number of benzene rings is 1. The molecule has 182 valence electrons. The van der Waals surface area contributed by atoms with Gasteiger partial charge >= 0.3 is 0 Å². The first-order valence-electron chi connectivity index (χ1n) is 11.4. The van der Waals surface area contributed by atoms with E-state index in [1.807, 2.05) is 0 Å². The molecule has 0 aliphatic carbocycles. The van der Waals surface area contributed by atoms with E-state index in [1.165, 1.54) is 26.9 Å². The second-order valence-electron chi connectivity index (χ2n) is 9.52. The van der Waals surface area contributed by atoms with E-state index in [1.54, 1.807) is 18.2 Å². The highest BCUT2D eigenvalue weighted by atomic mass is 19.1. The third-order valence-electron chi connectivity index (χ3n) is 6.59. The first-order chi connectivity index (χ1) is 16.2. The number of amidine groups is 1. The van der Waals surface area contributed by atoms with Crippen LogP contribution in [0.5, 0.6) is 5.75 Å². The number of ether oxygens (including phenoxy) is 1. The zero-order valence-corrected chi connectivity index (χ0v) is 20.0. The number of fused-ring (bicyclic) bond motifs is 1. The predicted octanol–water partition coefficient (Wildman–Crippen LogP) is 4.93. The molecule has 2 saturated heterocycles. The quantitative estimate of drug-likeness (QED) is 0.196. The van der Waals surface area contributed by atoms with Crippen LogP contribution in [0.3, 0.4) is 0 Å². The van der Waals surface area contributed by atoms with Crippen LogP contribution < -0.4 is 20.4 Å². The summed E-state index contributed by atoms with van der Waals surface area (Å²) in [5.41, 5.74) is 8.45. The van der Waals surface area contributed by atoms with E-state index < -0.39 is 5.82 Å². The minimum Gasteiger partial charge on any atom is -0.497 e. The van der Waals surface area contributed by atoms with E-state index >= 15 is 0 Å². The van der Waals surface area contributed by atoms with E-state index in [4.69, 9.17) is 15.7 Å². The number of hydrogen-bond donors (Lipinski definition) is 4. The number of aromatic nitrogens is 2. The molecular formula is C23H32FN9O. The normalized spacial score (nSPS) is 21.4. The molecule has 2 unspecified atom stereocenters. The summed E-state index contributed by atoms with van der Waals surface area (Å²) in [7, 11) is 1.52. The van der Waals surface area contributed by atoms with Gasteiger partial charge in [-0.3, -0.25) is 10.3 Å². The molecule has 10 nitrogen and oxygen atoms in total. The number of methoxy groups -OCH3 is 1. The largest absolute Gasteiger partial charge is 0.497 e. The molecule has 2 fully saturated rings. The lowest BCUT2D eigenvalue weighted by Crippen LogP contribution is -2.55. The summed E-state index contributed by atoms with van der Waals surface area (Å²) < 4.78 is 20.0.